The number of aryl methyl sites for hydroxylation is 1. The Bertz CT molecular complexity index is 1410. The molecule has 0 saturated carbocycles. The number of hydrogen-bond donors (Lipinski definition) is 2. The topological polar surface area (TPSA) is 138 Å². The van der Waals surface area contributed by atoms with Crippen molar-refractivity contribution in [1.82, 2.24) is 24.1 Å². The smallest absolute Gasteiger partial charge is 0.382 e. The van der Waals surface area contributed by atoms with E-state index >= 15 is 0 Å². The maximum Gasteiger partial charge on any atom is 0.396 e. The normalized spacial score (nSPS) is 11.7. The highest BCUT2D eigenvalue weighted by atomic mass is 32.3. The molecule has 3 N–H and O–H groups in total. The van der Waals surface area contributed by atoms with Gasteiger partial charge in [-0.15, -0.1) is 0 Å². The zero-order chi connectivity index (χ0) is 20.8. The summed E-state index contributed by atoms with van der Waals surface area (Å²) in [5, 5.41) is 0. The number of imidazole rings is 1. The number of anilines is 2. The Morgan fingerprint density at radius 2 is 1.97 bits per heavy atom. The first-order valence-corrected chi connectivity index (χ1v) is 9.60. The molecular weight excluding hydrogens is 401 g/mol. The molecule has 10 nitrogen and oxygen atoms in total. The summed E-state index contributed by atoms with van der Waals surface area (Å²) in [7, 11) is -3.34. The van der Waals surface area contributed by atoms with Crippen LogP contribution in [0, 0.1) is 0 Å². The van der Waals surface area contributed by atoms with Crippen LogP contribution in [-0.2, 0) is 17.5 Å². The molecule has 0 spiro atoms. The minimum atomic E-state index is -4.94. The molecule has 4 aromatic rings. The molecule has 4 rings (SSSR count). The monoisotopic (exact) mass is 415 g/mol. The second-order valence-corrected chi connectivity index (χ2v) is 7.24. The zero-order valence-electron chi connectivity index (χ0n) is 14.9. The number of halogens is 1. The van der Waals surface area contributed by atoms with Crippen LogP contribution in [0.3, 0.4) is 0 Å². The predicted molar refractivity (Wildman–Crippen MR) is 105 cm³/mol. The Hall–Kier alpha value is -3.80. The lowest BCUT2D eigenvalue weighted by atomic mass is 10.2. The van der Waals surface area contributed by atoms with Crippen molar-refractivity contribution in [2.75, 3.05) is 10.5 Å². The van der Waals surface area contributed by atoms with Gasteiger partial charge in [-0.2, -0.15) is 8.42 Å². The summed E-state index contributed by atoms with van der Waals surface area (Å²) >= 11 is 0. The van der Waals surface area contributed by atoms with Crippen LogP contribution in [0.4, 0.5) is 15.4 Å². The van der Waals surface area contributed by atoms with E-state index in [1.807, 2.05) is 0 Å². The SMILES string of the molecule is Cn1cc(-n2c(-c3cccc(NS(=O)(=O)F)c3)nc3c(N)ncnc32)ccc1=O. The summed E-state index contributed by atoms with van der Waals surface area (Å²) in [4.78, 5) is 24.5. The third-order valence-corrected chi connectivity index (χ3v) is 4.64. The van der Waals surface area contributed by atoms with E-state index in [-0.39, 0.29) is 17.1 Å². The zero-order valence-corrected chi connectivity index (χ0v) is 15.8. The molecule has 0 unspecified atom stereocenters. The van der Waals surface area contributed by atoms with Gasteiger partial charge in [-0.1, -0.05) is 16.0 Å². The van der Waals surface area contributed by atoms with Gasteiger partial charge in [0.05, 0.1) is 11.4 Å². The number of benzene rings is 1. The highest BCUT2D eigenvalue weighted by molar-refractivity contribution is 7.87. The van der Waals surface area contributed by atoms with E-state index < -0.39 is 10.4 Å². The van der Waals surface area contributed by atoms with Gasteiger partial charge in [-0.05, 0) is 18.2 Å². The number of aromatic nitrogens is 5. The van der Waals surface area contributed by atoms with Crippen molar-refractivity contribution in [3.63, 3.8) is 0 Å². The molecule has 0 saturated heterocycles. The summed E-state index contributed by atoms with van der Waals surface area (Å²) in [6, 6.07) is 9.01. The summed E-state index contributed by atoms with van der Waals surface area (Å²) in [6.45, 7) is 0. The maximum absolute atomic E-state index is 13.0. The van der Waals surface area contributed by atoms with Gasteiger partial charge in [-0.25, -0.2) is 15.0 Å². The number of nitrogens with two attached hydrogens (primary N) is 1. The van der Waals surface area contributed by atoms with Gasteiger partial charge in [0.1, 0.15) is 12.2 Å². The largest absolute Gasteiger partial charge is 0.396 e. The minimum Gasteiger partial charge on any atom is -0.382 e. The van der Waals surface area contributed by atoms with Crippen molar-refractivity contribution in [3.05, 3.63) is 59.3 Å². The summed E-state index contributed by atoms with van der Waals surface area (Å²) in [5.74, 6) is 0.506. The maximum atomic E-state index is 13.0. The first kappa shape index (κ1) is 18.6. The van der Waals surface area contributed by atoms with Gasteiger partial charge in [-0.3, -0.25) is 14.1 Å². The molecule has 0 atom stereocenters. The van der Waals surface area contributed by atoms with Crippen molar-refractivity contribution in [3.8, 4) is 17.1 Å². The average Bonchev–Trinajstić information content (AvgIpc) is 3.04. The standard InChI is InChI=1S/C17H14FN7O3S/c1-24-8-12(5-6-13(24)26)25-16(22-14-15(19)20-9-21-17(14)25)10-3-2-4-11(7-10)23-29(18,27)28/h2-9,23H,1H3,(H2,19,20,21). The molecule has 0 radical (unpaired) electrons. The molecule has 29 heavy (non-hydrogen) atoms. The van der Waals surface area contributed by atoms with Gasteiger partial charge >= 0.3 is 10.4 Å². The second kappa shape index (κ2) is 6.67. The Kier molecular flexibility index (Phi) is 4.27. The summed E-state index contributed by atoms with van der Waals surface area (Å²) in [5.41, 5.74) is 7.50. The molecule has 0 aliphatic rings. The molecular formula is C17H14FN7O3S. The number of nitrogen functional groups attached to an aromatic ring is 1. The number of nitrogens with zero attached hydrogens (tertiary/aromatic N) is 5. The van der Waals surface area contributed by atoms with Gasteiger partial charge in [0.15, 0.2) is 17.0 Å². The van der Waals surface area contributed by atoms with Crippen LogP contribution in [0.2, 0.25) is 0 Å². The van der Waals surface area contributed by atoms with Crippen LogP contribution >= 0.6 is 0 Å². The first-order chi connectivity index (χ1) is 13.7. The van der Waals surface area contributed by atoms with E-state index in [0.717, 1.165) is 0 Å². The number of nitrogens with one attached hydrogen (secondary N) is 1. The van der Waals surface area contributed by atoms with Crippen molar-refractivity contribution < 1.29 is 12.3 Å². The van der Waals surface area contributed by atoms with Crippen LogP contribution in [0.25, 0.3) is 28.2 Å². The molecule has 0 aliphatic carbocycles. The van der Waals surface area contributed by atoms with Gasteiger partial charge in [0.25, 0.3) is 0 Å². The Labute approximate surface area is 163 Å². The summed E-state index contributed by atoms with van der Waals surface area (Å²) < 4.78 is 39.7. The number of hydrogen-bond acceptors (Lipinski definition) is 7. The van der Waals surface area contributed by atoms with Crippen molar-refractivity contribution in [1.29, 1.82) is 0 Å². The van der Waals surface area contributed by atoms with E-state index in [9.17, 15) is 17.1 Å². The Balaban J connectivity index is 2.00. The highest BCUT2D eigenvalue weighted by Crippen LogP contribution is 2.30. The molecule has 3 aromatic heterocycles. The minimum absolute atomic E-state index is 0.0168. The van der Waals surface area contributed by atoms with Crippen LogP contribution in [0.15, 0.2) is 53.7 Å². The molecule has 148 valence electrons. The Morgan fingerprint density at radius 3 is 2.69 bits per heavy atom. The third-order valence-electron chi connectivity index (χ3n) is 4.16. The van der Waals surface area contributed by atoms with Crippen molar-refractivity contribution in [2.24, 2.45) is 7.05 Å². The van der Waals surface area contributed by atoms with Crippen molar-refractivity contribution in [2.45, 2.75) is 0 Å². The van der Waals surface area contributed by atoms with Crippen LogP contribution in [0.5, 0.6) is 0 Å². The van der Waals surface area contributed by atoms with E-state index in [1.165, 1.54) is 29.1 Å². The van der Waals surface area contributed by atoms with E-state index in [1.54, 1.807) is 40.7 Å². The molecule has 0 bridgehead atoms. The lowest BCUT2D eigenvalue weighted by Gasteiger charge is -2.11. The molecule has 1 aromatic carbocycles. The van der Waals surface area contributed by atoms with Crippen LogP contribution < -0.4 is 16.0 Å². The fraction of sp³-hybridized carbons (Fsp3) is 0.0588. The quantitative estimate of drug-likeness (QED) is 0.480. The molecule has 0 fully saturated rings. The third kappa shape index (κ3) is 3.52. The molecule has 12 heteroatoms. The predicted octanol–water partition coefficient (Wildman–Crippen LogP) is 1.39. The van der Waals surface area contributed by atoms with Crippen LogP contribution in [0.1, 0.15) is 0 Å². The van der Waals surface area contributed by atoms with Gasteiger partial charge < -0.3 is 10.3 Å². The lowest BCUT2D eigenvalue weighted by Crippen LogP contribution is -2.15. The van der Waals surface area contributed by atoms with Crippen LogP contribution in [-0.4, -0.2) is 32.5 Å². The van der Waals surface area contributed by atoms with Gasteiger partial charge in [0.2, 0.25) is 5.56 Å². The van der Waals surface area contributed by atoms with Gasteiger partial charge in [0, 0.05) is 24.9 Å². The van der Waals surface area contributed by atoms with E-state index in [2.05, 4.69) is 15.0 Å². The number of fused-ring (bicyclic) bond motifs is 1. The molecule has 0 amide bonds. The van der Waals surface area contributed by atoms with E-state index in [0.29, 0.717) is 28.2 Å². The summed E-state index contributed by atoms with van der Waals surface area (Å²) in [6.07, 6.45) is 2.88. The average molecular weight is 415 g/mol. The highest BCUT2D eigenvalue weighted by Gasteiger charge is 2.19. The molecule has 3 heterocycles. The number of pyridine rings is 1. The van der Waals surface area contributed by atoms with Crippen molar-refractivity contribution >= 4 is 33.1 Å². The van der Waals surface area contributed by atoms with E-state index in [4.69, 9.17) is 5.73 Å². The fourth-order valence-electron chi connectivity index (χ4n) is 2.92. The second-order valence-electron chi connectivity index (χ2n) is 6.16. The Morgan fingerprint density at radius 1 is 1.17 bits per heavy atom. The molecule has 0 aliphatic heterocycles. The first-order valence-electron chi connectivity index (χ1n) is 8.22. The lowest BCUT2D eigenvalue weighted by molar-refractivity contribution is 0.558. The fourth-order valence-corrected chi connectivity index (χ4v) is 3.33. The number of rotatable bonds is 4.